The summed E-state index contributed by atoms with van der Waals surface area (Å²) in [6.07, 6.45) is 0.906. The van der Waals surface area contributed by atoms with Gasteiger partial charge in [-0.3, -0.25) is 24.5 Å². The van der Waals surface area contributed by atoms with Crippen LogP contribution in [0.5, 0.6) is 11.5 Å². The molecule has 0 aliphatic carbocycles. The van der Waals surface area contributed by atoms with Crippen molar-refractivity contribution >= 4 is 174 Å². The summed E-state index contributed by atoms with van der Waals surface area (Å²) in [5.74, 6) is 5.31. The fourth-order valence-electron chi connectivity index (χ4n) is 22.3. The number of fused-ring (bicyclic) bond motifs is 20. The molecule has 0 radical (unpaired) electrons. The molecule has 1 atom stereocenters. The molecule has 15 aromatic carbocycles. The van der Waals surface area contributed by atoms with Crippen molar-refractivity contribution < 1.29 is 39.4 Å². The molecule has 14 nitrogen and oxygen atoms in total. The van der Waals surface area contributed by atoms with Gasteiger partial charge in [0.2, 0.25) is 39.3 Å². The zero-order valence-corrected chi connectivity index (χ0v) is 88.4. The molecule has 0 saturated heterocycles. The molecule has 0 amide bonds. The van der Waals surface area contributed by atoms with E-state index in [1.807, 2.05) is 92.0 Å². The maximum atomic E-state index is 13.7. The number of hydrogen-bond acceptors (Lipinski definition) is 15. The van der Waals surface area contributed by atoms with E-state index in [4.69, 9.17) is 26.8 Å². The number of hydrogen-bond donors (Lipinski definition) is 0. The molecule has 20 aromatic rings. The smallest absolute Gasteiger partial charge is 0.249 e. The van der Waals surface area contributed by atoms with Crippen LogP contribution in [0.25, 0.3) is 54.8 Å². The van der Waals surface area contributed by atoms with E-state index >= 15 is 0 Å². The van der Waals surface area contributed by atoms with Gasteiger partial charge in [-0.05, 0) is 372 Å². The fraction of sp³-hybridized carbons (Fsp3) is 0.206. The number of nitrogens with zero attached hydrogens (tertiary/aromatic N) is 5. The first kappa shape index (κ1) is 94.5. The van der Waals surface area contributed by atoms with Crippen molar-refractivity contribution in [3.63, 3.8) is 0 Å². The summed E-state index contributed by atoms with van der Waals surface area (Å²) in [6.45, 7) is 52.8. The van der Waals surface area contributed by atoms with Crippen molar-refractivity contribution in [3.8, 4) is 11.5 Å². The van der Waals surface area contributed by atoms with Crippen LogP contribution in [0, 0.1) is 173 Å². The number of sulfone groups is 1. The number of rotatable bonds is 5. The summed E-state index contributed by atoms with van der Waals surface area (Å²) in [6, 6.07) is 84.5. The number of ether oxygens (including phenoxy) is 1. The van der Waals surface area contributed by atoms with E-state index in [0.717, 1.165) is 140 Å². The summed E-state index contributed by atoms with van der Waals surface area (Å²) in [5.41, 5.74) is 47.1. The van der Waals surface area contributed by atoms with Crippen molar-refractivity contribution in [3.05, 3.63) is 393 Å². The Labute approximate surface area is 844 Å². The number of anilines is 15. The highest BCUT2D eigenvalue weighted by Gasteiger charge is 2.44. The standard InChI is InChI=1S/C26H25NO.C25H23NO3S.C25H23NO2S.C25H23NO2.C25H23NOS/c1-15-6-8-23-20(12-15)14-22-21-13-16(2)7-9-24(21)28-26(22)27(23)25-18(4)10-17(3)11-19(25)5;1-14-7-9-21-19(12-14)24-25(29-21)26(23-17(4)10-16(3)11-18(23)5)20-8-6-15(2)13-22(20)30(24,27)28;1-14-7-9-21-19(12-14)24-25(28-21)26(23-17(4)10-16(3)11-18(23)5)20-8-6-15(2)13-22(20)29(24)27;1-14-7-9-21-19(12-14)24-25(28-21)26(20-8-6-15(2)13-22(20)27-24)23-17(4)10-16(3)11-18(23)5;1-14-7-9-21-19(12-14)24-25(27-21)26(20-8-6-15(2)13-22(20)28-24)23-17(4)10-16(3)11-18(23)5/h6-13H,14H2,1-5H3;6-13H,1-5H3;6-13H,1-5H3;2*6-13H,1-5H3. The van der Waals surface area contributed by atoms with E-state index < -0.39 is 20.6 Å². The Bertz CT molecular complexity index is 8330. The lowest BCUT2D eigenvalue weighted by Gasteiger charge is -2.32. The average Bonchev–Trinajstić information content (AvgIpc) is 1.60. The van der Waals surface area contributed by atoms with Crippen LogP contribution in [0.2, 0.25) is 0 Å². The van der Waals surface area contributed by atoms with E-state index in [2.05, 4.69) is 354 Å². The van der Waals surface area contributed by atoms with Gasteiger partial charge in [-0.15, -0.1) is 0 Å². The van der Waals surface area contributed by atoms with Crippen LogP contribution in [0.15, 0.2) is 294 Å². The van der Waals surface area contributed by atoms with Gasteiger partial charge in [0.1, 0.15) is 37.7 Å². The molecular formula is C126H117N5O9S3. The Morgan fingerprint density at radius 1 is 0.273 bits per heavy atom. The maximum Gasteiger partial charge on any atom is 0.249 e. The summed E-state index contributed by atoms with van der Waals surface area (Å²) in [4.78, 5) is 15.7. The summed E-state index contributed by atoms with van der Waals surface area (Å²) >= 11 is 1.82. The molecule has 25 rings (SSSR count). The van der Waals surface area contributed by atoms with Gasteiger partial charge in [0.05, 0.1) is 87.7 Å². The minimum atomic E-state index is -3.73. The van der Waals surface area contributed by atoms with E-state index in [1.54, 1.807) is 6.07 Å². The Morgan fingerprint density at radius 2 is 0.601 bits per heavy atom. The molecule has 0 fully saturated rings. The second-order valence-electron chi connectivity index (χ2n) is 40.4. The van der Waals surface area contributed by atoms with Gasteiger partial charge in [-0.2, -0.15) is 0 Å². The van der Waals surface area contributed by atoms with Gasteiger partial charge < -0.3 is 26.8 Å². The maximum absolute atomic E-state index is 13.7. The first-order valence-corrected chi connectivity index (χ1v) is 52.3. The van der Waals surface area contributed by atoms with Gasteiger partial charge in [-0.1, -0.05) is 200 Å². The third kappa shape index (κ3) is 16.6. The van der Waals surface area contributed by atoms with E-state index in [0.29, 0.717) is 33.3 Å². The predicted octanol–water partition coefficient (Wildman–Crippen LogP) is 36.3. The molecule has 5 aliphatic heterocycles. The first-order chi connectivity index (χ1) is 68.3. The van der Waals surface area contributed by atoms with Crippen molar-refractivity contribution in [2.75, 3.05) is 24.5 Å². The lowest BCUT2D eigenvalue weighted by atomic mass is 9.93. The zero-order chi connectivity index (χ0) is 101. The van der Waals surface area contributed by atoms with Crippen molar-refractivity contribution in [1.29, 1.82) is 0 Å². The van der Waals surface area contributed by atoms with E-state index in [1.165, 1.54) is 160 Å². The molecule has 718 valence electrons. The Hall–Kier alpha value is -14.8. The summed E-state index contributed by atoms with van der Waals surface area (Å²) < 4.78 is 79.4. The number of furan rings is 5. The third-order valence-corrected chi connectivity index (χ3v) is 32.5. The highest BCUT2D eigenvalue weighted by atomic mass is 32.2. The van der Waals surface area contributed by atoms with Gasteiger partial charge in [-0.25, -0.2) is 12.6 Å². The van der Waals surface area contributed by atoms with Gasteiger partial charge in [0, 0.05) is 38.4 Å². The molecule has 5 aliphatic rings. The van der Waals surface area contributed by atoms with Gasteiger partial charge >= 0.3 is 0 Å². The molecule has 5 aromatic heterocycles. The predicted molar refractivity (Wildman–Crippen MR) is 590 cm³/mol. The van der Waals surface area contributed by atoms with Gasteiger partial charge in [0.25, 0.3) is 0 Å². The van der Waals surface area contributed by atoms with Crippen molar-refractivity contribution in [2.45, 2.75) is 209 Å². The highest BCUT2D eigenvalue weighted by molar-refractivity contribution is 8.00. The normalized spacial score (nSPS) is 13.8. The van der Waals surface area contributed by atoms with Crippen molar-refractivity contribution in [2.24, 2.45) is 0 Å². The molecule has 0 spiro atoms. The van der Waals surface area contributed by atoms with Crippen LogP contribution in [0.1, 0.15) is 150 Å². The monoisotopic (exact) mass is 1940 g/mol. The minimum absolute atomic E-state index is 0.249. The molecule has 0 N–H and O–H groups in total. The number of aryl methyl sites for hydroxylation is 25. The second-order valence-corrected chi connectivity index (χ2v) is 44.7. The fourth-order valence-corrected chi connectivity index (χ4v) is 26.8. The topological polar surface area (TPSA) is 142 Å². The van der Waals surface area contributed by atoms with Crippen LogP contribution < -0.4 is 29.2 Å². The van der Waals surface area contributed by atoms with Crippen molar-refractivity contribution in [1.82, 2.24) is 0 Å². The average molecular weight is 1940 g/mol. The Balaban J connectivity index is 0.000000106. The molecule has 10 heterocycles. The first-order valence-electron chi connectivity index (χ1n) is 48.9. The Morgan fingerprint density at radius 3 is 1.11 bits per heavy atom. The lowest BCUT2D eigenvalue weighted by Crippen LogP contribution is -2.22. The van der Waals surface area contributed by atoms with Crippen LogP contribution >= 0.6 is 11.8 Å². The lowest BCUT2D eigenvalue weighted by molar-refractivity contribution is 0.463. The molecule has 1 unspecified atom stereocenters. The SMILES string of the molecule is Cc1cc(C)c(N2c3ccc(C)cc3Cc3c2oc2ccc(C)cc32)c(C)c1.Cc1cc(C)c(N2c3ccc(C)cc3Oc3c2oc2ccc(C)cc32)c(C)c1.Cc1cc(C)c(N2c3ccc(C)cc3S(=O)(=O)c3c2oc2ccc(C)cc32)c(C)c1.Cc1cc(C)c(N2c3ccc(C)cc3S(=O)c3c2oc2ccc(C)cc32)c(C)c1.Cc1cc(C)c(N2c3ccc(C)cc3Sc3c2oc2ccc(C)cc32)c(C)c1. The molecule has 17 heteroatoms. The third-order valence-electron chi connectivity index (χ3n) is 28.0. The van der Waals surface area contributed by atoms with Crippen LogP contribution in [-0.4, -0.2) is 12.6 Å². The van der Waals surface area contributed by atoms with Crippen LogP contribution in [0.4, 0.5) is 86.3 Å². The Kier molecular flexibility index (Phi) is 23.8. The minimum Gasteiger partial charge on any atom is -0.449 e. The van der Waals surface area contributed by atoms with Crippen LogP contribution in [0.3, 0.4) is 0 Å². The van der Waals surface area contributed by atoms with E-state index in [-0.39, 0.29) is 4.90 Å². The number of benzene rings is 15. The quantitative estimate of drug-likeness (QED) is 0.161. The van der Waals surface area contributed by atoms with Crippen LogP contribution in [-0.2, 0) is 27.1 Å². The zero-order valence-electron chi connectivity index (χ0n) is 85.9. The highest BCUT2D eigenvalue weighted by Crippen LogP contribution is 2.61. The molecular weight excluding hydrogens is 1820 g/mol. The summed E-state index contributed by atoms with van der Waals surface area (Å²) in [7, 11) is -5.03. The van der Waals surface area contributed by atoms with Gasteiger partial charge in [0.15, 0.2) is 11.5 Å². The largest absolute Gasteiger partial charge is 0.449 e. The summed E-state index contributed by atoms with van der Waals surface area (Å²) in [5, 5.41) is 4.99. The molecule has 143 heavy (non-hydrogen) atoms. The van der Waals surface area contributed by atoms with E-state index in [9.17, 15) is 12.6 Å². The molecule has 0 bridgehead atoms. The second kappa shape index (κ2) is 36.0. The molecule has 0 saturated carbocycles.